The van der Waals surface area contributed by atoms with Crippen LogP contribution in [0.25, 0.3) is 10.9 Å². The Hall–Kier alpha value is -2.02. The third kappa shape index (κ3) is 2.24. The van der Waals surface area contributed by atoms with Gasteiger partial charge in [-0.3, -0.25) is 0 Å². The largest absolute Gasteiger partial charge is 0.468 e. The minimum atomic E-state index is -4.47. The van der Waals surface area contributed by atoms with Crippen molar-refractivity contribution < 1.29 is 22.7 Å². The van der Waals surface area contributed by atoms with Gasteiger partial charge < -0.3 is 15.0 Å². The summed E-state index contributed by atoms with van der Waals surface area (Å²) >= 11 is 0. The molecule has 0 fully saturated rings. The summed E-state index contributed by atoms with van der Waals surface area (Å²) in [7, 11) is 2.61. The van der Waals surface area contributed by atoms with Crippen molar-refractivity contribution in [2.45, 2.75) is 12.2 Å². The number of aromatic nitrogens is 1. The Balaban J connectivity index is 2.68. The Morgan fingerprint density at radius 2 is 2.05 bits per heavy atom. The zero-order valence-electron chi connectivity index (χ0n) is 10.9. The summed E-state index contributed by atoms with van der Waals surface area (Å²) in [5, 5.41) is 0.372. The van der Waals surface area contributed by atoms with Gasteiger partial charge in [0.1, 0.15) is 6.04 Å². The number of nitrogens with two attached hydrogens (primary N) is 1. The molecule has 1 aromatic carbocycles. The predicted molar refractivity (Wildman–Crippen MR) is 66.9 cm³/mol. The summed E-state index contributed by atoms with van der Waals surface area (Å²) in [6.07, 6.45) is -4.47. The van der Waals surface area contributed by atoms with E-state index < -0.39 is 23.8 Å². The molecule has 1 heterocycles. The van der Waals surface area contributed by atoms with Crippen LogP contribution in [0.2, 0.25) is 0 Å². The molecule has 0 aliphatic carbocycles. The van der Waals surface area contributed by atoms with Gasteiger partial charge in [0, 0.05) is 18.1 Å². The van der Waals surface area contributed by atoms with Gasteiger partial charge >= 0.3 is 12.1 Å². The number of para-hydroxylation sites is 1. The van der Waals surface area contributed by atoms with E-state index in [9.17, 15) is 18.0 Å². The fraction of sp³-hybridized carbons (Fsp3) is 0.308. The molecule has 4 nitrogen and oxygen atoms in total. The van der Waals surface area contributed by atoms with Crippen LogP contribution in [0.15, 0.2) is 24.3 Å². The molecular weight excluding hydrogens is 273 g/mol. The van der Waals surface area contributed by atoms with Crippen LogP contribution in [0.4, 0.5) is 13.2 Å². The van der Waals surface area contributed by atoms with Crippen molar-refractivity contribution in [2.75, 3.05) is 7.11 Å². The van der Waals surface area contributed by atoms with Gasteiger partial charge in [0.2, 0.25) is 0 Å². The molecule has 7 heteroatoms. The van der Waals surface area contributed by atoms with Crippen LogP contribution < -0.4 is 5.73 Å². The summed E-state index contributed by atoms with van der Waals surface area (Å²) in [6, 6.07) is 4.19. The molecule has 0 radical (unpaired) electrons. The lowest BCUT2D eigenvalue weighted by atomic mass is 10.1. The molecule has 0 amide bonds. The maximum Gasteiger partial charge on any atom is 0.418 e. The standard InChI is InChI=1S/C13H13F3N2O2/c1-18-9(10(17)12(19)20-2)6-7-4-3-5-8(11(7)18)13(14,15)16/h3-6,10H,17H2,1-2H3. The first-order valence-electron chi connectivity index (χ1n) is 5.76. The first kappa shape index (κ1) is 14.4. The van der Waals surface area contributed by atoms with E-state index in [4.69, 9.17) is 5.73 Å². The lowest BCUT2D eigenvalue weighted by Gasteiger charge is -2.13. The van der Waals surface area contributed by atoms with E-state index in [1.165, 1.54) is 36.9 Å². The molecule has 0 aliphatic rings. The van der Waals surface area contributed by atoms with Crippen LogP contribution >= 0.6 is 0 Å². The van der Waals surface area contributed by atoms with Crippen molar-refractivity contribution in [3.63, 3.8) is 0 Å². The van der Waals surface area contributed by atoms with Crippen molar-refractivity contribution in [3.05, 3.63) is 35.5 Å². The average Bonchev–Trinajstić information content (AvgIpc) is 2.73. The molecule has 1 unspecified atom stereocenters. The third-order valence-electron chi connectivity index (χ3n) is 3.17. The van der Waals surface area contributed by atoms with E-state index in [2.05, 4.69) is 4.74 Å². The molecule has 0 aliphatic heterocycles. The van der Waals surface area contributed by atoms with E-state index in [0.717, 1.165) is 6.07 Å². The Morgan fingerprint density at radius 3 is 2.60 bits per heavy atom. The Morgan fingerprint density at radius 1 is 1.40 bits per heavy atom. The first-order valence-corrected chi connectivity index (χ1v) is 5.76. The SMILES string of the molecule is COC(=O)C(N)c1cc2cccc(C(F)(F)F)c2n1C. The van der Waals surface area contributed by atoms with Crippen LogP contribution in [-0.4, -0.2) is 17.6 Å². The van der Waals surface area contributed by atoms with Crippen LogP contribution in [0.1, 0.15) is 17.3 Å². The number of ether oxygens (including phenoxy) is 1. The van der Waals surface area contributed by atoms with E-state index >= 15 is 0 Å². The second-order valence-corrected chi connectivity index (χ2v) is 4.37. The molecule has 0 spiro atoms. The number of hydrogen-bond acceptors (Lipinski definition) is 3. The summed E-state index contributed by atoms with van der Waals surface area (Å²) in [4.78, 5) is 11.4. The van der Waals surface area contributed by atoms with Crippen molar-refractivity contribution in [2.24, 2.45) is 12.8 Å². The van der Waals surface area contributed by atoms with Gasteiger partial charge in [0.25, 0.3) is 0 Å². The number of hydrogen-bond donors (Lipinski definition) is 1. The third-order valence-corrected chi connectivity index (χ3v) is 3.17. The molecule has 1 aromatic heterocycles. The smallest absolute Gasteiger partial charge is 0.418 e. The van der Waals surface area contributed by atoms with Gasteiger partial charge in [-0.2, -0.15) is 13.2 Å². The number of nitrogens with zero attached hydrogens (tertiary/aromatic N) is 1. The highest BCUT2D eigenvalue weighted by atomic mass is 19.4. The summed E-state index contributed by atoms with van der Waals surface area (Å²) in [5.74, 6) is -0.704. The minimum absolute atomic E-state index is 0.00523. The maximum atomic E-state index is 13.0. The molecule has 108 valence electrons. The van der Waals surface area contributed by atoms with Gasteiger partial charge in [0.15, 0.2) is 0 Å². The second kappa shape index (κ2) is 4.82. The van der Waals surface area contributed by atoms with Gasteiger partial charge in [-0.05, 0) is 12.1 Å². The van der Waals surface area contributed by atoms with E-state index in [0.29, 0.717) is 5.39 Å². The number of halogens is 3. The highest BCUT2D eigenvalue weighted by Crippen LogP contribution is 2.36. The number of aryl methyl sites for hydroxylation is 1. The van der Waals surface area contributed by atoms with Crippen LogP contribution in [0.3, 0.4) is 0 Å². The zero-order valence-corrected chi connectivity index (χ0v) is 10.9. The Bertz CT molecular complexity index is 661. The maximum absolute atomic E-state index is 13.0. The molecule has 2 N–H and O–H groups in total. The second-order valence-electron chi connectivity index (χ2n) is 4.37. The molecule has 20 heavy (non-hydrogen) atoms. The van der Waals surface area contributed by atoms with E-state index in [-0.39, 0.29) is 11.2 Å². The normalized spacial score (nSPS) is 13.5. The molecule has 1 atom stereocenters. The van der Waals surface area contributed by atoms with Crippen LogP contribution in [0, 0.1) is 0 Å². The molecule has 2 rings (SSSR count). The molecule has 0 saturated heterocycles. The first-order chi connectivity index (χ1) is 9.27. The minimum Gasteiger partial charge on any atom is -0.468 e. The van der Waals surface area contributed by atoms with Crippen molar-refractivity contribution in [1.82, 2.24) is 4.57 Å². The van der Waals surface area contributed by atoms with E-state index in [1.54, 1.807) is 0 Å². The number of alkyl halides is 3. The molecular formula is C13H13F3N2O2. The molecule has 0 bridgehead atoms. The number of methoxy groups -OCH3 is 1. The average molecular weight is 286 g/mol. The fourth-order valence-corrected chi connectivity index (χ4v) is 2.21. The quantitative estimate of drug-likeness (QED) is 0.862. The monoisotopic (exact) mass is 286 g/mol. The van der Waals surface area contributed by atoms with Crippen molar-refractivity contribution >= 4 is 16.9 Å². The van der Waals surface area contributed by atoms with Crippen LogP contribution in [-0.2, 0) is 22.8 Å². The molecule has 2 aromatic rings. The zero-order chi connectivity index (χ0) is 15.1. The van der Waals surface area contributed by atoms with Crippen LogP contribution in [0.5, 0.6) is 0 Å². The summed E-state index contributed by atoms with van der Waals surface area (Å²) < 4.78 is 44.8. The topological polar surface area (TPSA) is 57.2 Å². The van der Waals surface area contributed by atoms with Gasteiger partial charge in [-0.15, -0.1) is 0 Å². The number of esters is 1. The number of fused-ring (bicyclic) bond motifs is 1. The van der Waals surface area contributed by atoms with Gasteiger partial charge in [0.05, 0.1) is 18.2 Å². The lowest BCUT2D eigenvalue weighted by molar-refractivity contribution is -0.142. The Labute approximate surface area is 112 Å². The highest BCUT2D eigenvalue weighted by molar-refractivity contribution is 5.87. The summed E-state index contributed by atoms with van der Waals surface area (Å²) in [5.41, 5.74) is 5.20. The summed E-state index contributed by atoms with van der Waals surface area (Å²) in [6.45, 7) is 0. The molecule has 0 saturated carbocycles. The van der Waals surface area contributed by atoms with E-state index in [1.807, 2.05) is 0 Å². The van der Waals surface area contributed by atoms with Gasteiger partial charge in [-0.1, -0.05) is 12.1 Å². The number of rotatable bonds is 2. The Kier molecular flexibility index (Phi) is 3.47. The fourth-order valence-electron chi connectivity index (χ4n) is 2.21. The highest BCUT2D eigenvalue weighted by Gasteiger charge is 2.34. The number of benzene rings is 1. The lowest BCUT2D eigenvalue weighted by Crippen LogP contribution is -2.24. The number of carbonyl (C=O) groups excluding carboxylic acids is 1. The number of carbonyl (C=O) groups is 1. The van der Waals surface area contributed by atoms with Crippen molar-refractivity contribution in [3.8, 4) is 0 Å². The van der Waals surface area contributed by atoms with Gasteiger partial charge in [-0.25, -0.2) is 4.79 Å². The predicted octanol–water partition coefficient (Wildman–Crippen LogP) is 2.37. The van der Waals surface area contributed by atoms with Crippen molar-refractivity contribution in [1.29, 1.82) is 0 Å².